The Morgan fingerprint density at radius 1 is 1.24 bits per heavy atom. The summed E-state index contributed by atoms with van der Waals surface area (Å²) in [5.41, 5.74) is 3.30. The molecular weight excluding hydrogens is 484 g/mol. The summed E-state index contributed by atoms with van der Waals surface area (Å²) in [4.78, 5) is 34.5. The van der Waals surface area contributed by atoms with Gasteiger partial charge in [0.05, 0.1) is 22.6 Å². The summed E-state index contributed by atoms with van der Waals surface area (Å²) < 4.78 is 2.34. The van der Waals surface area contributed by atoms with Crippen LogP contribution in [0.4, 0.5) is 5.69 Å². The molecule has 0 saturated carbocycles. The maximum absolute atomic E-state index is 12.2. The van der Waals surface area contributed by atoms with E-state index in [2.05, 4.69) is 26.5 Å². The maximum atomic E-state index is 12.2. The van der Waals surface area contributed by atoms with Crippen molar-refractivity contribution in [1.82, 2.24) is 9.99 Å². The number of hydrogen-bond donors (Lipinski definition) is 1. The fraction of sp³-hybridized carbons (Fsp3) is 0.0556. The third-order valence-corrected chi connectivity index (χ3v) is 5.76. The van der Waals surface area contributed by atoms with E-state index in [9.17, 15) is 19.7 Å². The van der Waals surface area contributed by atoms with Gasteiger partial charge < -0.3 is 0 Å². The lowest BCUT2D eigenvalue weighted by atomic mass is 10.2. The van der Waals surface area contributed by atoms with E-state index in [1.807, 2.05) is 24.3 Å². The van der Waals surface area contributed by atoms with Gasteiger partial charge in [0.15, 0.2) is 0 Å². The molecule has 0 radical (unpaired) electrons. The highest BCUT2D eigenvalue weighted by Crippen LogP contribution is 2.19. The van der Waals surface area contributed by atoms with Crippen molar-refractivity contribution in [1.29, 1.82) is 0 Å². The molecule has 0 aliphatic carbocycles. The van der Waals surface area contributed by atoms with Gasteiger partial charge >= 0.3 is 4.87 Å². The van der Waals surface area contributed by atoms with Crippen LogP contribution in [0.15, 0.2) is 62.9 Å². The fourth-order valence-electron chi connectivity index (χ4n) is 2.34. The summed E-state index contributed by atoms with van der Waals surface area (Å²) >= 11 is 10.5. The van der Waals surface area contributed by atoms with Gasteiger partial charge in [0.25, 0.3) is 11.6 Å². The molecule has 0 unspecified atom stereocenters. The van der Waals surface area contributed by atoms with E-state index in [0.717, 1.165) is 21.4 Å². The van der Waals surface area contributed by atoms with Crippen LogP contribution in [0.3, 0.4) is 0 Å². The van der Waals surface area contributed by atoms with Gasteiger partial charge in [-0.15, -0.1) is 0 Å². The zero-order valence-corrected chi connectivity index (χ0v) is 17.7. The number of thiazole rings is 1. The van der Waals surface area contributed by atoms with Crippen molar-refractivity contribution in [2.24, 2.45) is 5.10 Å². The lowest BCUT2D eigenvalue weighted by Crippen LogP contribution is -2.17. The average Bonchev–Trinajstić information content (AvgIpc) is 2.97. The van der Waals surface area contributed by atoms with Gasteiger partial charge in [-0.3, -0.25) is 24.3 Å². The zero-order valence-electron chi connectivity index (χ0n) is 14.5. The second kappa shape index (κ2) is 9.12. The Balaban J connectivity index is 1.69. The van der Waals surface area contributed by atoms with Crippen LogP contribution in [0.25, 0.3) is 0 Å². The smallest absolute Gasteiger partial charge is 0.284 e. The van der Waals surface area contributed by atoms with E-state index < -0.39 is 10.8 Å². The molecule has 1 aromatic heterocycles. The quantitative estimate of drug-likeness (QED) is 0.316. The first-order chi connectivity index (χ1) is 13.8. The summed E-state index contributed by atoms with van der Waals surface area (Å²) in [6.45, 7) is 0.310. The highest BCUT2D eigenvalue weighted by atomic mass is 79.9. The monoisotopic (exact) mass is 494 g/mol. The van der Waals surface area contributed by atoms with Gasteiger partial charge in [0.1, 0.15) is 5.15 Å². The van der Waals surface area contributed by atoms with E-state index in [1.165, 1.54) is 35.0 Å². The number of nitrogens with zero attached hydrogens (tertiary/aromatic N) is 3. The number of non-ortho nitro benzene ring substituents is 1. The number of rotatable bonds is 6. The predicted molar refractivity (Wildman–Crippen MR) is 115 cm³/mol. The number of carbonyl (C=O) groups excluding carboxylic acids is 1. The molecular formula is C18H12BrClN4O4S. The second-order valence-electron chi connectivity index (χ2n) is 5.74. The van der Waals surface area contributed by atoms with Gasteiger partial charge in [0.2, 0.25) is 0 Å². The molecule has 0 spiro atoms. The van der Waals surface area contributed by atoms with E-state index in [0.29, 0.717) is 11.4 Å². The van der Waals surface area contributed by atoms with Crippen molar-refractivity contribution in [2.75, 3.05) is 0 Å². The minimum Gasteiger partial charge on any atom is -0.284 e. The molecule has 1 heterocycles. The first-order valence-corrected chi connectivity index (χ1v) is 10.1. The number of hydrogen-bond acceptors (Lipinski definition) is 6. The summed E-state index contributed by atoms with van der Waals surface area (Å²) in [5, 5.41) is 14.7. The number of amides is 1. The molecule has 0 saturated heterocycles. The molecule has 11 heteroatoms. The summed E-state index contributed by atoms with van der Waals surface area (Å²) in [6.07, 6.45) is 1.29. The van der Waals surface area contributed by atoms with Crippen molar-refractivity contribution in [3.8, 4) is 0 Å². The molecule has 148 valence electrons. The van der Waals surface area contributed by atoms with Gasteiger partial charge in [0, 0.05) is 22.2 Å². The van der Waals surface area contributed by atoms with Crippen LogP contribution < -0.4 is 10.3 Å². The summed E-state index contributed by atoms with van der Waals surface area (Å²) in [5.74, 6) is -0.547. The summed E-state index contributed by atoms with van der Waals surface area (Å²) in [6, 6.07) is 12.6. The van der Waals surface area contributed by atoms with Crippen molar-refractivity contribution >= 4 is 56.7 Å². The summed E-state index contributed by atoms with van der Waals surface area (Å²) in [7, 11) is 0. The van der Waals surface area contributed by atoms with E-state index in [4.69, 9.17) is 11.6 Å². The van der Waals surface area contributed by atoms with E-state index in [1.54, 1.807) is 0 Å². The molecule has 0 fully saturated rings. The largest absolute Gasteiger partial charge is 0.309 e. The number of hydrazone groups is 1. The predicted octanol–water partition coefficient (Wildman–Crippen LogP) is 4.05. The standard InChI is InChI=1S/C18H12BrClN4O4S/c19-13-5-1-11(2-6-13)10-23-16(20)15(29-18(23)26)9-21-22-17(25)12-3-7-14(8-4-12)24(27)28/h1-9H,10H2,(H,22,25). The second-order valence-corrected chi connectivity index (χ2v) is 8.01. The number of nitro groups is 1. The SMILES string of the molecule is O=C(NN=Cc1sc(=O)n(Cc2ccc(Br)cc2)c1Cl)c1ccc([N+](=O)[O-])cc1. The van der Waals surface area contributed by atoms with Crippen LogP contribution in [0.5, 0.6) is 0 Å². The van der Waals surface area contributed by atoms with Crippen LogP contribution in [0.2, 0.25) is 5.15 Å². The van der Waals surface area contributed by atoms with E-state index >= 15 is 0 Å². The van der Waals surface area contributed by atoms with Crippen molar-refractivity contribution in [3.63, 3.8) is 0 Å². The minimum atomic E-state index is -0.553. The zero-order chi connectivity index (χ0) is 21.0. The first kappa shape index (κ1) is 20.9. The Morgan fingerprint density at radius 3 is 2.52 bits per heavy atom. The molecule has 0 aliphatic rings. The van der Waals surface area contributed by atoms with E-state index in [-0.39, 0.29) is 21.3 Å². The van der Waals surface area contributed by atoms with Crippen LogP contribution >= 0.6 is 38.9 Å². The van der Waals surface area contributed by atoms with Crippen molar-refractivity contribution in [3.05, 3.63) is 93.9 Å². The van der Waals surface area contributed by atoms with Crippen LogP contribution in [-0.2, 0) is 6.54 Å². The van der Waals surface area contributed by atoms with Crippen molar-refractivity contribution in [2.45, 2.75) is 6.54 Å². The molecule has 0 aliphatic heterocycles. The Bertz CT molecular complexity index is 1140. The molecule has 2 aromatic carbocycles. The molecule has 0 bridgehead atoms. The Kier molecular flexibility index (Phi) is 6.57. The lowest BCUT2D eigenvalue weighted by molar-refractivity contribution is -0.384. The molecule has 29 heavy (non-hydrogen) atoms. The average molecular weight is 496 g/mol. The van der Waals surface area contributed by atoms with Crippen LogP contribution in [0.1, 0.15) is 20.8 Å². The van der Waals surface area contributed by atoms with Gasteiger partial charge in [-0.2, -0.15) is 5.10 Å². The topological polar surface area (TPSA) is 107 Å². The third kappa shape index (κ3) is 5.17. The lowest BCUT2D eigenvalue weighted by Gasteiger charge is -2.04. The van der Waals surface area contributed by atoms with Gasteiger partial charge in [-0.1, -0.05) is 51.0 Å². The highest BCUT2D eigenvalue weighted by Gasteiger charge is 2.13. The number of carbonyl (C=O) groups is 1. The molecule has 0 atom stereocenters. The molecule has 3 aromatic rings. The van der Waals surface area contributed by atoms with Gasteiger partial charge in [-0.25, -0.2) is 5.43 Å². The highest BCUT2D eigenvalue weighted by molar-refractivity contribution is 9.10. The number of benzene rings is 2. The first-order valence-electron chi connectivity index (χ1n) is 8.06. The number of aromatic nitrogens is 1. The Morgan fingerprint density at radius 2 is 1.90 bits per heavy atom. The molecule has 8 nitrogen and oxygen atoms in total. The van der Waals surface area contributed by atoms with Gasteiger partial charge in [-0.05, 0) is 29.8 Å². The van der Waals surface area contributed by atoms with Crippen LogP contribution in [0, 0.1) is 10.1 Å². The normalized spacial score (nSPS) is 11.0. The Hall–Kier alpha value is -2.82. The maximum Gasteiger partial charge on any atom is 0.309 e. The van der Waals surface area contributed by atoms with Crippen LogP contribution in [-0.4, -0.2) is 21.6 Å². The number of nitrogens with one attached hydrogen (secondary N) is 1. The number of halogens is 2. The molecule has 3 rings (SSSR count). The Labute approximate surface area is 181 Å². The van der Waals surface area contributed by atoms with Crippen molar-refractivity contribution < 1.29 is 9.72 Å². The molecule has 1 N–H and O–H groups in total. The molecule has 1 amide bonds. The third-order valence-electron chi connectivity index (χ3n) is 3.80. The minimum absolute atomic E-state index is 0.117. The number of nitro benzene ring substituents is 1. The fourth-order valence-corrected chi connectivity index (χ4v) is 3.71.